The van der Waals surface area contributed by atoms with Gasteiger partial charge < -0.3 is 5.32 Å². The molecule has 1 aliphatic carbocycles. The van der Waals surface area contributed by atoms with E-state index in [2.05, 4.69) is 11.6 Å². The van der Waals surface area contributed by atoms with Crippen LogP contribution in [0.5, 0.6) is 0 Å². The summed E-state index contributed by atoms with van der Waals surface area (Å²) in [4.78, 5) is 10.2. The van der Waals surface area contributed by atoms with Crippen LogP contribution in [0, 0.1) is 10.1 Å². The number of benzene rings is 1. The number of nitro benzene ring substituents is 1. The minimum atomic E-state index is -0.360. The lowest BCUT2D eigenvalue weighted by atomic mass is 9.95. The number of hydrogen-bond acceptors (Lipinski definition) is 4. The van der Waals surface area contributed by atoms with Gasteiger partial charge in [0.2, 0.25) is 0 Å². The predicted molar refractivity (Wildman–Crippen MR) is 79.5 cm³/mol. The highest BCUT2D eigenvalue weighted by Gasteiger charge is 2.19. The maximum atomic E-state index is 10.6. The topological polar surface area (TPSA) is 55.2 Å². The molecule has 1 aromatic rings. The summed E-state index contributed by atoms with van der Waals surface area (Å²) in [6.07, 6.45) is 7.24. The molecule has 0 radical (unpaired) electrons. The van der Waals surface area contributed by atoms with E-state index in [4.69, 9.17) is 0 Å². The van der Waals surface area contributed by atoms with Crippen molar-refractivity contribution in [1.82, 2.24) is 5.32 Å². The SMILES string of the molecule is CSC1CCC(NCc2ccc([N+](=O)[O-])cc2)CC1. The highest BCUT2D eigenvalue weighted by atomic mass is 32.2. The Bertz CT molecular complexity index is 414. The fourth-order valence-corrected chi connectivity index (χ4v) is 3.24. The summed E-state index contributed by atoms with van der Waals surface area (Å²) < 4.78 is 0. The van der Waals surface area contributed by atoms with Crippen LogP contribution in [-0.2, 0) is 6.54 Å². The number of hydrogen-bond donors (Lipinski definition) is 1. The molecule has 5 heteroatoms. The molecule has 1 saturated carbocycles. The van der Waals surface area contributed by atoms with Crippen molar-refractivity contribution in [1.29, 1.82) is 0 Å². The Morgan fingerprint density at radius 3 is 2.42 bits per heavy atom. The van der Waals surface area contributed by atoms with Gasteiger partial charge in [0.15, 0.2) is 0 Å². The lowest BCUT2D eigenvalue weighted by Crippen LogP contribution is -2.33. The number of thioether (sulfide) groups is 1. The minimum absolute atomic E-state index is 0.157. The average Bonchev–Trinajstić information content (AvgIpc) is 2.46. The van der Waals surface area contributed by atoms with Gasteiger partial charge in [-0.2, -0.15) is 11.8 Å². The van der Waals surface area contributed by atoms with Gasteiger partial charge in [-0.25, -0.2) is 0 Å². The van der Waals surface area contributed by atoms with Crippen molar-refractivity contribution in [2.75, 3.05) is 6.26 Å². The number of nitro groups is 1. The van der Waals surface area contributed by atoms with E-state index >= 15 is 0 Å². The van der Waals surface area contributed by atoms with Crippen LogP contribution in [-0.4, -0.2) is 22.5 Å². The average molecular weight is 280 g/mol. The molecule has 0 atom stereocenters. The van der Waals surface area contributed by atoms with Gasteiger partial charge in [-0.05, 0) is 37.5 Å². The Morgan fingerprint density at radius 2 is 1.89 bits per heavy atom. The van der Waals surface area contributed by atoms with Gasteiger partial charge in [-0.15, -0.1) is 0 Å². The first-order chi connectivity index (χ1) is 9.19. The van der Waals surface area contributed by atoms with Crippen molar-refractivity contribution >= 4 is 17.4 Å². The number of nitrogens with one attached hydrogen (secondary N) is 1. The zero-order valence-electron chi connectivity index (χ0n) is 11.2. The predicted octanol–water partition coefficient (Wildman–Crippen LogP) is 3.36. The van der Waals surface area contributed by atoms with Gasteiger partial charge in [-0.1, -0.05) is 12.1 Å². The van der Waals surface area contributed by atoms with Crippen LogP contribution in [0.1, 0.15) is 31.2 Å². The maximum absolute atomic E-state index is 10.6. The molecule has 4 nitrogen and oxygen atoms in total. The molecule has 1 fully saturated rings. The highest BCUT2D eigenvalue weighted by Crippen LogP contribution is 2.27. The van der Waals surface area contributed by atoms with E-state index in [1.54, 1.807) is 12.1 Å². The molecule has 0 heterocycles. The molecule has 0 amide bonds. The second-order valence-corrected chi connectivity index (χ2v) is 6.15. The largest absolute Gasteiger partial charge is 0.310 e. The van der Waals surface area contributed by atoms with Crippen LogP contribution in [0.3, 0.4) is 0 Å². The van der Waals surface area contributed by atoms with Crippen molar-refractivity contribution in [3.63, 3.8) is 0 Å². The molecular formula is C14H20N2O2S. The fraction of sp³-hybridized carbons (Fsp3) is 0.571. The molecule has 0 unspecified atom stereocenters. The van der Waals surface area contributed by atoms with E-state index in [0.717, 1.165) is 17.4 Å². The summed E-state index contributed by atoms with van der Waals surface area (Å²) in [5.41, 5.74) is 1.27. The molecule has 1 aliphatic rings. The van der Waals surface area contributed by atoms with Gasteiger partial charge in [0.1, 0.15) is 0 Å². The molecule has 1 aromatic carbocycles. The highest BCUT2D eigenvalue weighted by molar-refractivity contribution is 7.99. The van der Waals surface area contributed by atoms with E-state index in [0.29, 0.717) is 6.04 Å². The van der Waals surface area contributed by atoms with Crippen molar-refractivity contribution in [3.8, 4) is 0 Å². The number of rotatable bonds is 5. The summed E-state index contributed by atoms with van der Waals surface area (Å²) >= 11 is 1.97. The van der Waals surface area contributed by atoms with Gasteiger partial charge in [0, 0.05) is 30.0 Å². The maximum Gasteiger partial charge on any atom is 0.269 e. The zero-order valence-corrected chi connectivity index (χ0v) is 12.0. The van der Waals surface area contributed by atoms with Crippen LogP contribution >= 0.6 is 11.8 Å². The molecular weight excluding hydrogens is 260 g/mol. The normalized spacial score (nSPS) is 23.2. The molecule has 19 heavy (non-hydrogen) atoms. The van der Waals surface area contributed by atoms with Crippen LogP contribution in [0.4, 0.5) is 5.69 Å². The van der Waals surface area contributed by atoms with E-state index < -0.39 is 0 Å². The number of non-ortho nitro benzene ring substituents is 1. The summed E-state index contributed by atoms with van der Waals surface area (Å²) in [6, 6.07) is 7.40. The third kappa shape index (κ3) is 4.21. The van der Waals surface area contributed by atoms with Crippen molar-refractivity contribution in [2.45, 2.75) is 43.5 Å². The van der Waals surface area contributed by atoms with Crippen molar-refractivity contribution in [3.05, 3.63) is 39.9 Å². The standard InChI is InChI=1S/C14H20N2O2S/c1-19-14-8-4-12(5-9-14)15-10-11-2-6-13(7-3-11)16(17)18/h2-3,6-7,12,14-15H,4-5,8-10H2,1H3. The quantitative estimate of drug-likeness (QED) is 0.663. The summed E-state index contributed by atoms with van der Waals surface area (Å²) in [5, 5.41) is 14.9. The third-order valence-electron chi connectivity index (χ3n) is 3.75. The first-order valence-corrected chi connectivity index (χ1v) is 7.97. The lowest BCUT2D eigenvalue weighted by molar-refractivity contribution is -0.384. The second-order valence-electron chi connectivity index (χ2n) is 5.01. The Morgan fingerprint density at radius 1 is 1.26 bits per heavy atom. The molecule has 0 saturated heterocycles. The minimum Gasteiger partial charge on any atom is -0.310 e. The molecule has 1 N–H and O–H groups in total. The van der Waals surface area contributed by atoms with Crippen LogP contribution in [0.25, 0.3) is 0 Å². The Hall–Kier alpha value is -1.07. The zero-order chi connectivity index (χ0) is 13.7. The molecule has 0 aromatic heterocycles. The van der Waals surface area contributed by atoms with Gasteiger partial charge in [0.25, 0.3) is 5.69 Å². The Balaban J connectivity index is 1.78. The van der Waals surface area contributed by atoms with E-state index in [1.807, 2.05) is 23.9 Å². The second kappa shape index (κ2) is 6.91. The van der Waals surface area contributed by atoms with E-state index in [1.165, 1.54) is 25.7 Å². The van der Waals surface area contributed by atoms with Crippen LogP contribution in [0.15, 0.2) is 24.3 Å². The van der Waals surface area contributed by atoms with Crippen LogP contribution in [0.2, 0.25) is 0 Å². The monoisotopic (exact) mass is 280 g/mol. The van der Waals surface area contributed by atoms with Gasteiger partial charge in [-0.3, -0.25) is 10.1 Å². The summed E-state index contributed by atoms with van der Waals surface area (Å²) in [5.74, 6) is 0. The Kier molecular flexibility index (Phi) is 5.22. The molecule has 104 valence electrons. The molecule has 0 aliphatic heterocycles. The summed E-state index contributed by atoms with van der Waals surface area (Å²) in [7, 11) is 0. The third-order valence-corrected chi connectivity index (χ3v) is 4.89. The van der Waals surface area contributed by atoms with E-state index in [9.17, 15) is 10.1 Å². The summed E-state index contributed by atoms with van der Waals surface area (Å²) in [6.45, 7) is 0.798. The Labute approximate surface area is 118 Å². The van der Waals surface area contributed by atoms with Gasteiger partial charge in [0.05, 0.1) is 4.92 Å². The fourth-order valence-electron chi connectivity index (χ4n) is 2.50. The molecule has 2 rings (SSSR count). The first-order valence-electron chi connectivity index (χ1n) is 6.68. The van der Waals surface area contributed by atoms with Crippen molar-refractivity contribution in [2.24, 2.45) is 0 Å². The number of nitrogens with zero attached hydrogens (tertiary/aromatic N) is 1. The van der Waals surface area contributed by atoms with Crippen molar-refractivity contribution < 1.29 is 4.92 Å². The van der Waals surface area contributed by atoms with Gasteiger partial charge >= 0.3 is 0 Å². The molecule has 0 spiro atoms. The van der Waals surface area contributed by atoms with Crippen LogP contribution < -0.4 is 5.32 Å². The first kappa shape index (κ1) is 14.3. The smallest absolute Gasteiger partial charge is 0.269 e. The molecule has 0 bridgehead atoms. The lowest BCUT2D eigenvalue weighted by Gasteiger charge is -2.28. The van der Waals surface area contributed by atoms with E-state index in [-0.39, 0.29) is 10.6 Å².